The highest BCUT2D eigenvalue weighted by molar-refractivity contribution is 5.92. The van der Waals surface area contributed by atoms with E-state index in [0.29, 0.717) is 36.2 Å². The second-order valence-corrected chi connectivity index (χ2v) is 6.92. The summed E-state index contributed by atoms with van der Waals surface area (Å²) in [6, 6.07) is 11.1. The molecule has 0 saturated heterocycles. The number of aromatic nitrogens is 3. The van der Waals surface area contributed by atoms with Gasteiger partial charge in [0.05, 0.1) is 24.5 Å². The average Bonchev–Trinajstić information content (AvgIpc) is 2.71. The minimum absolute atomic E-state index is 0.0362. The van der Waals surface area contributed by atoms with Gasteiger partial charge in [-0.25, -0.2) is 9.97 Å². The van der Waals surface area contributed by atoms with E-state index in [-0.39, 0.29) is 30.3 Å². The Hall–Kier alpha value is -3.29. The molecule has 0 saturated carbocycles. The fourth-order valence-electron chi connectivity index (χ4n) is 2.64. The average molecular weight is 397 g/mol. The molecule has 1 amide bonds. The van der Waals surface area contributed by atoms with Crippen molar-refractivity contribution in [1.29, 1.82) is 0 Å². The highest BCUT2D eigenvalue weighted by Crippen LogP contribution is 2.27. The van der Waals surface area contributed by atoms with E-state index in [1.807, 2.05) is 44.2 Å². The molecule has 29 heavy (non-hydrogen) atoms. The van der Waals surface area contributed by atoms with Gasteiger partial charge in [0, 0.05) is 17.2 Å². The predicted octanol–water partition coefficient (Wildman–Crippen LogP) is 4.00. The predicted molar refractivity (Wildman–Crippen MR) is 111 cm³/mol. The van der Waals surface area contributed by atoms with E-state index >= 15 is 0 Å². The SMILES string of the molecule is CC(C)C(=O)Nc1ccc(-c2ccc3nc(N)nc(OCCCCF)c3n2)cc1. The lowest BCUT2D eigenvalue weighted by atomic mass is 10.1. The number of fused-ring (bicyclic) bond motifs is 1. The summed E-state index contributed by atoms with van der Waals surface area (Å²) < 4.78 is 17.9. The van der Waals surface area contributed by atoms with Crippen LogP contribution in [0.5, 0.6) is 5.88 Å². The Balaban J connectivity index is 1.86. The summed E-state index contributed by atoms with van der Waals surface area (Å²) in [5, 5.41) is 2.86. The molecule has 0 radical (unpaired) electrons. The van der Waals surface area contributed by atoms with Crippen LogP contribution >= 0.6 is 0 Å². The van der Waals surface area contributed by atoms with Crippen LogP contribution in [0.4, 0.5) is 16.0 Å². The number of alkyl halides is 1. The number of rotatable bonds is 8. The maximum Gasteiger partial charge on any atom is 0.245 e. The zero-order valence-corrected chi connectivity index (χ0v) is 16.5. The van der Waals surface area contributed by atoms with Crippen LogP contribution in [0.15, 0.2) is 36.4 Å². The van der Waals surface area contributed by atoms with E-state index in [9.17, 15) is 9.18 Å². The number of amides is 1. The van der Waals surface area contributed by atoms with Gasteiger partial charge in [0.25, 0.3) is 0 Å². The Labute approximate surface area is 168 Å². The van der Waals surface area contributed by atoms with Gasteiger partial charge in [0.1, 0.15) is 0 Å². The lowest BCUT2D eigenvalue weighted by molar-refractivity contribution is -0.118. The third-order valence-electron chi connectivity index (χ3n) is 4.27. The van der Waals surface area contributed by atoms with Gasteiger partial charge in [-0.2, -0.15) is 4.98 Å². The van der Waals surface area contributed by atoms with Crippen molar-refractivity contribution in [3.63, 3.8) is 0 Å². The lowest BCUT2D eigenvalue weighted by Crippen LogP contribution is -2.17. The smallest absolute Gasteiger partial charge is 0.245 e. The van der Waals surface area contributed by atoms with Crippen molar-refractivity contribution < 1.29 is 13.9 Å². The summed E-state index contributed by atoms with van der Waals surface area (Å²) in [7, 11) is 0. The topological polar surface area (TPSA) is 103 Å². The van der Waals surface area contributed by atoms with Crippen molar-refractivity contribution in [2.75, 3.05) is 24.3 Å². The normalized spacial score (nSPS) is 11.0. The van der Waals surface area contributed by atoms with Crippen molar-refractivity contribution in [2.24, 2.45) is 5.92 Å². The molecule has 0 spiro atoms. The molecule has 2 heterocycles. The van der Waals surface area contributed by atoms with E-state index in [1.54, 1.807) is 6.07 Å². The van der Waals surface area contributed by atoms with Gasteiger partial charge in [-0.3, -0.25) is 9.18 Å². The number of hydrogen-bond donors (Lipinski definition) is 2. The summed E-state index contributed by atoms with van der Waals surface area (Å²) >= 11 is 0. The first-order valence-corrected chi connectivity index (χ1v) is 9.52. The second kappa shape index (κ2) is 9.27. The summed E-state index contributed by atoms with van der Waals surface area (Å²) in [6.45, 7) is 3.63. The van der Waals surface area contributed by atoms with Gasteiger partial charge in [-0.15, -0.1) is 0 Å². The molecule has 3 rings (SSSR count). The van der Waals surface area contributed by atoms with Gasteiger partial charge in [0.2, 0.25) is 17.7 Å². The van der Waals surface area contributed by atoms with Crippen molar-refractivity contribution in [1.82, 2.24) is 15.0 Å². The first kappa shape index (κ1) is 20.4. The molecule has 3 N–H and O–H groups in total. The number of benzene rings is 1. The number of halogens is 1. The number of nitrogen functional groups attached to an aromatic ring is 1. The molecule has 8 heteroatoms. The Morgan fingerprint density at radius 3 is 2.55 bits per heavy atom. The number of ether oxygens (including phenoxy) is 1. The van der Waals surface area contributed by atoms with Gasteiger partial charge >= 0.3 is 0 Å². The lowest BCUT2D eigenvalue weighted by Gasteiger charge is -2.10. The minimum Gasteiger partial charge on any atom is -0.476 e. The molecular weight excluding hydrogens is 373 g/mol. The van der Waals surface area contributed by atoms with Crippen LogP contribution in [0.1, 0.15) is 26.7 Å². The van der Waals surface area contributed by atoms with Crippen molar-refractivity contribution >= 4 is 28.6 Å². The number of pyridine rings is 1. The van der Waals surface area contributed by atoms with Gasteiger partial charge in [0.15, 0.2) is 5.52 Å². The summed E-state index contributed by atoms with van der Waals surface area (Å²) in [6.07, 6.45) is 1.00. The fraction of sp³-hybridized carbons (Fsp3) is 0.333. The molecule has 0 unspecified atom stereocenters. The molecule has 1 aromatic carbocycles. The molecule has 0 aliphatic rings. The number of unbranched alkanes of at least 4 members (excludes halogenated alkanes) is 1. The highest BCUT2D eigenvalue weighted by Gasteiger charge is 2.12. The Morgan fingerprint density at radius 2 is 1.86 bits per heavy atom. The van der Waals surface area contributed by atoms with Crippen molar-refractivity contribution in [3.05, 3.63) is 36.4 Å². The minimum atomic E-state index is -0.383. The first-order chi connectivity index (χ1) is 14.0. The van der Waals surface area contributed by atoms with E-state index < -0.39 is 0 Å². The molecular formula is C21H24FN5O2. The molecule has 0 aliphatic heterocycles. The number of nitrogens with one attached hydrogen (secondary N) is 1. The largest absolute Gasteiger partial charge is 0.476 e. The van der Waals surface area contributed by atoms with E-state index in [4.69, 9.17) is 10.5 Å². The quantitative estimate of drug-likeness (QED) is 0.557. The highest BCUT2D eigenvalue weighted by atomic mass is 19.1. The number of hydrogen-bond acceptors (Lipinski definition) is 6. The summed E-state index contributed by atoms with van der Waals surface area (Å²) in [4.78, 5) is 24.8. The van der Waals surface area contributed by atoms with Crippen LogP contribution in [-0.2, 0) is 4.79 Å². The third kappa shape index (κ3) is 5.16. The number of carbonyl (C=O) groups excluding carboxylic acids is 1. The molecule has 0 aliphatic carbocycles. The van der Waals surface area contributed by atoms with Gasteiger partial charge in [-0.05, 0) is 37.1 Å². The van der Waals surface area contributed by atoms with Gasteiger partial charge < -0.3 is 15.8 Å². The monoisotopic (exact) mass is 397 g/mol. The van der Waals surface area contributed by atoms with Crippen LogP contribution in [0, 0.1) is 5.92 Å². The van der Waals surface area contributed by atoms with Crippen LogP contribution in [0.3, 0.4) is 0 Å². The zero-order chi connectivity index (χ0) is 20.8. The summed E-state index contributed by atoms with van der Waals surface area (Å²) in [5.74, 6) is 0.255. The van der Waals surface area contributed by atoms with Crippen LogP contribution in [0.2, 0.25) is 0 Å². The molecule has 0 fully saturated rings. The zero-order valence-electron chi connectivity index (χ0n) is 16.5. The maximum atomic E-state index is 12.3. The molecule has 2 aromatic heterocycles. The maximum absolute atomic E-state index is 12.3. The van der Waals surface area contributed by atoms with E-state index in [1.165, 1.54) is 0 Å². The van der Waals surface area contributed by atoms with Crippen molar-refractivity contribution in [3.8, 4) is 17.1 Å². The standard InChI is InChI=1S/C21H24FN5O2/c1-13(2)19(28)24-15-7-5-14(6-8-15)16-9-10-17-18(25-16)20(27-21(23)26-17)29-12-4-3-11-22/h5-10,13H,3-4,11-12H2,1-2H3,(H,24,28)(H2,23,26,27). The second-order valence-electron chi connectivity index (χ2n) is 6.92. The molecule has 0 bridgehead atoms. The molecule has 152 valence electrons. The van der Waals surface area contributed by atoms with Crippen LogP contribution in [-0.4, -0.2) is 34.1 Å². The fourth-order valence-corrected chi connectivity index (χ4v) is 2.64. The molecule has 3 aromatic rings. The van der Waals surface area contributed by atoms with E-state index in [2.05, 4.69) is 20.3 Å². The van der Waals surface area contributed by atoms with Crippen LogP contribution in [0.25, 0.3) is 22.3 Å². The van der Waals surface area contributed by atoms with E-state index in [0.717, 1.165) is 11.3 Å². The number of carbonyl (C=O) groups is 1. The molecule has 0 atom stereocenters. The Bertz CT molecular complexity index is 992. The number of nitrogens with two attached hydrogens (primary N) is 1. The Kier molecular flexibility index (Phi) is 6.54. The molecule has 7 nitrogen and oxygen atoms in total. The van der Waals surface area contributed by atoms with Gasteiger partial charge in [-0.1, -0.05) is 26.0 Å². The van der Waals surface area contributed by atoms with Crippen LogP contribution < -0.4 is 15.8 Å². The van der Waals surface area contributed by atoms with Crippen molar-refractivity contribution in [2.45, 2.75) is 26.7 Å². The third-order valence-corrected chi connectivity index (χ3v) is 4.27. The number of nitrogens with zero attached hydrogens (tertiary/aromatic N) is 3. The number of anilines is 2. The summed E-state index contributed by atoms with van der Waals surface area (Å²) in [5.41, 5.74) is 9.13. The first-order valence-electron chi connectivity index (χ1n) is 9.52. The Morgan fingerprint density at radius 1 is 1.10 bits per heavy atom.